The van der Waals surface area contributed by atoms with E-state index in [1.807, 2.05) is 13.0 Å². The lowest BCUT2D eigenvalue weighted by molar-refractivity contribution is 0.197. The first-order valence-electron chi connectivity index (χ1n) is 7.16. The molecule has 1 saturated heterocycles. The van der Waals surface area contributed by atoms with Crippen molar-refractivity contribution in [3.8, 4) is 0 Å². The van der Waals surface area contributed by atoms with E-state index in [9.17, 15) is 0 Å². The first kappa shape index (κ1) is 13.5. The SMILES string of the molecule is CCCN1CCC(NCc2cccc(C)n2)CC1. The highest BCUT2D eigenvalue weighted by Gasteiger charge is 2.17. The zero-order valence-electron chi connectivity index (χ0n) is 11.7. The van der Waals surface area contributed by atoms with Crippen molar-refractivity contribution in [2.24, 2.45) is 0 Å². The van der Waals surface area contributed by atoms with Crippen LogP contribution in [0.15, 0.2) is 18.2 Å². The Kier molecular flexibility index (Phi) is 5.14. The van der Waals surface area contributed by atoms with Crippen molar-refractivity contribution in [3.63, 3.8) is 0 Å². The minimum atomic E-state index is 0.667. The van der Waals surface area contributed by atoms with Crippen LogP contribution < -0.4 is 5.32 Å². The van der Waals surface area contributed by atoms with Gasteiger partial charge in [0.15, 0.2) is 0 Å². The van der Waals surface area contributed by atoms with Crippen LogP contribution in [0.5, 0.6) is 0 Å². The molecule has 100 valence electrons. The van der Waals surface area contributed by atoms with Gasteiger partial charge in [0, 0.05) is 18.3 Å². The Morgan fingerprint density at radius 1 is 1.33 bits per heavy atom. The number of aromatic nitrogens is 1. The first-order valence-corrected chi connectivity index (χ1v) is 7.16. The van der Waals surface area contributed by atoms with Gasteiger partial charge in [-0.2, -0.15) is 0 Å². The van der Waals surface area contributed by atoms with Crippen LogP contribution in [0.4, 0.5) is 0 Å². The summed E-state index contributed by atoms with van der Waals surface area (Å²) in [7, 11) is 0. The number of pyridine rings is 1. The van der Waals surface area contributed by atoms with Gasteiger partial charge in [-0.1, -0.05) is 13.0 Å². The fourth-order valence-electron chi connectivity index (χ4n) is 2.62. The molecule has 0 aliphatic carbocycles. The topological polar surface area (TPSA) is 28.2 Å². The third-order valence-electron chi connectivity index (χ3n) is 3.65. The second-order valence-corrected chi connectivity index (χ2v) is 5.27. The highest BCUT2D eigenvalue weighted by atomic mass is 15.1. The van der Waals surface area contributed by atoms with Gasteiger partial charge in [-0.3, -0.25) is 4.98 Å². The largest absolute Gasteiger partial charge is 0.308 e. The van der Waals surface area contributed by atoms with Crippen LogP contribution in [0.1, 0.15) is 37.6 Å². The molecule has 0 unspecified atom stereocenters. The molecule has 3 heteroatoms. The summed E-state index contributed by atoms with van der Waals surface area (Å²) < 4.78 is 0. The molecule has 0 aromatic carbocycles. The van der Waals surface area contributed by atoms with Crippen molar-refractivity contribution < 1.29 is 0 Å². The van der Waals surface area contributed by atoms with Crippen LogP contribution in [0.25, 0.3) is 0 Å². The van der Waals surface area contributed by atoms with Crippen molar-refractivity contribution >= 4 is 0 Å². The van der Waals surface area contributed by atoms with Crippen LogP contribution in [-0.4, -0.2) is 35.6 Å². The Morgan fingerprint density at radius 3 is 2.78 bits per heavy atom. The molecule has 3 nitrogen and oxygen atoms in total. The minimum absolute atomic E-state index is 0.667. The normalized spacial score (nSPS) is 18.1. The van der Waals surface area contributed by atoms with Gasteiger partial charge in [0.1, 0.15) is 0 Å². The molecule has 0 bridgehead atoms. The average Bonchev–Trinajstić information content (AvgIpc) is 2.38. The molecule has 1 fully saturated rings. The molecule has 0 spiro atoms. The quantitative estimate of drug-likeness (QED) is 0.865. The molecule has 2 heterocycles. The van der Waals surface area contributed by atoms with E-state index in [0.29, 0.717) is 6.04 Å². The van der Waals surface area contributed by atoms with E-state index >= 15 is 0 Å². The summed E-state index contributed by atoms with van der Waals surface area (Å²) in [6.45, 7) is 8.95. The van der Waals surface area contributed by atoms with Crippen molar-refractivity contribution in [1.82, 2.24) is 15.2 Å². The molecule has 0 amide bonds. The van der Waals surface area contributed by atoms with Crippen LogP contribution in [0.3, 0.4) is 0 Å². The zero-order chi connectivity index (χ0) is 12.8. The Hall–Kier alpha value is -0.930. The summed E-state index contributed by atoms with van der Waals surface area (Å²) >= 11 is 0. The summed E-state index contributed by atoms with van der Waals surface area (Å²) in [5.74, 6) is 0. The number of piperidine rings is 1. The van der Waals surface area contributed by atoms with Gasteiger partial charge < -0.3 is 10.2 Å². The van der Waals surface area contributed by atoms with Gasteiger partial charge >= 0.3 is 0 Å². The van der Waals surface area contributed by atoms with E-state index < -0.39 is 0 Å². The van der Waals surface area contributed by atoms with Gasteiger partial charge in [-0.05, 0) is 58.0 Å². The van der Waals surface area contributed by atoms with Crippen molar-refractivity contribution in [2.45, 2.75) is 45.7 Å². The number of hydrogen-bond donors (Lipinski definition) is 1. The number of hydrogen-bond acceptors (Lipinski definition) is 3. The van der Waals surface area contributed by atoms with Crippen molar-refractivity contribution in [3.05, 3.63) is 29.6 Å². The summed E-state index contributed by atoms with van der Waals surface area (Å²) in [6, 6.07) is 6.91. The van der Waals surface area contributed by atoms with Crippen molar-refractivity contribution in [1.29, 1.82) is 0 Å². The molecular formula is C15H25N3. The maximum Gasteiger partial charge on any atom is 0.0544 e. The van der Waals surface area contributed by atoms with Crippen LogP contribution in [0, 0.1) is 6.92 Å². The summed E-state index contributed by atoms with van der Waals surface area (Å²) in [4.78, 5) is 7.10. The monoisotopic (exact) mass is 247 g/mol. The standard InChI is InChI=1S/C15H25N3/c1-3-9-18-10-7-14(8-11-18)16-12-15-6-4-5-13(2)17-15/h4-6,14,16H,3,7-12H2,1-2H3. The van der Waals surface area contributed by atoms with E-state index in [0.717, 1.165) is 17.9 Å². The summed E-state index contributed by atoms with van der Waals surface area (Å²) in [5, 5.41) is 3.64. The molecule has 0 saturated carbocycles. The molecule has 2 rings (SSSR count). The molecular weight excluding hydrogens is 222 g/mol. The Balaban J connectivity index is 1.72. The number of nitrogens with one attached hydrogen (secondary N) is 1. The van der Waals surface area contributed by atoms with E-state index in [-0.39, 0.29) is 0 Å². The van der Waals surface area contributed by atoms with E-state index in [1.165, 1.54) is 38.9 Å². The summed E-state index contributed by atoms with van der Waals surface area (Å²) in [5.41, 5.74) is 2.26. The average molecular weight is 247 g/mol. The fourth-order valence-corrected chi connectivity index (χ4v) is 2.62. The zero-order valence-corrected chi connectivity index (χ0v) is 11.7. The Bertz CT molecular complexity index is 357. The molecule has 1 aliphatic heterocycles. The lowest BCUT2D eigenvalue weighted by Crippen LogP contribution is -2.42. The first-order chi connectivity index (χ1) is 8.78. The van der Waals surface area contributed by atoms with Gasteiger partial charge in [-0.15, -0.1) is 0 Å². The maximum atomic E-state index is 4.53. The molecule has 0 atom stereocenters. The molecule has 1 aromatic rings. The molecule has 0 radical (unpaired) electrons. The third kappa shape index (κ3) is 4.07. The lowest BCUT2D eigenvalue weighted by Gasteiger charge is -2.32. The Morgan fingerprint density at radius 2 is 2.11 bits per heavy atom. The van der Waals surface area contributed by atoms with E-state index in [4.69, 9.17) is 0 Å². The van der Waals surface area contributed by atoms with Crippen LogP contribution >= 0.6 is 0 Å². The molecule has 1 aromatic heterocycles. The van der Waals surface area contributed by atoms with Crippen LogP contribution in [0.2, 0.25) is 0 Å². The second kappa shape index (κ2) is 6.86. The second-order valence-electron chi connectivity index (χ2n) is 5.27. The molecule has 18 heavy (non-hydrogen) atoms. The summed E-state index contributed by atoms with van der Waals surface area (Å²) in [6.07, 6.45) is 3.81. The smallest absolute Gasteiger partial charge is 0.0544 e. The number of nitrogens with zero attached hydrogens (tertiary/aromatic N) is 2. The lowest BCUT2D eigenvalue weighted by atomic mass is 10.0. The highest BCUT2D eigenvalue weighted by molar-refractivity contribution is 5.09. The Labute approximate surface area is 111 Å². The van der Waals surface area contributed by atoms with Gasteiger partial charge in [-0.25, -0.2) is 0 Å². The number of likely N-dealkylation sites (tertiary alicyclic amines) is 1. The molecule has 1 N–H and O–H groups in total. The number of rotatable bonds is 5. The molecule has 1 aliphatic rings. The highest BCUT2D eigenvalue weighted by Crippen LogP contribution is 2.11. The fraction of sp³-hybridized carbons (Fsp3) is 0.667. The number of aryl methyl sites for hydroxylation is 1. The third-order valence-corrected chi connectivity index (χ3v) is 3.65. The minimum Gasteiger partial charge on any atom is -0.308 e. The van der Waals surface area contributed by atoms with Crippen molar-refractivity contribution in [2.75, 3.05) is 19.6 Å². The maximum absolute atomic E-state index is 4.53. The predicted octanol–water partition coefficient (Wildman–Crippen LogP) is 2.35. The van der Waals surface area contributed by atoms with E-state index in [2.05, 4.69) is 34.3 Å². The van der Waals surface area contributed by atoms with E-state index in [1.54, 1.807) is 0 Å². The van der Waals surface area contributed by atoms with Gasteiger partial charge in [0.25, 0.3) is 0 Å². The van der Waals surface area contributed by atoms with Gasteiger partial charge in [0.2, 0.25) is 0 Å². The van der Waals surface area contributed by atoms with Gasteiger partial charge in [0.05, 0.1) is 5.69 Å². The predicted molar refractivity (Wildman–Crippen MR) is 75.6 cm³/mol. The van der Waals surface area contributed by atoms with Crippen LogP contribution in [-0.2, 0) is 6.54 Å².